The van der Waals surface area contributed by atoms with E-state index < -0.39 is 0 Å². The lowest BCUT2D eigenvalue weighted by atomic mass is 9.94. The largest absolute Gasteiger partial charge is 0.396 e. The number of likely N-dealkylation sites (tertiary alicyclic amines) is 1. The van der Waals surface area contributed by atoms with Crippen LogP contribution in [0.3, 0.4) is 0 Å². The first kappa shape index (κ1) is 11.5. The third-order valence-electron chi connectivity index (χ3n) is 3.98. The van der Waals surface area contributed by atoms with Crippen LogP contribution in [0.5, 0.6) is 0 Å². The predicted octanol–water partition coefficient (Wildman–Crippen LogP) is 2.12. The van der Waals surface area contributed by atoms with Crippen LogP contribution in [-0.2, 0) is 0 Å². The summed E-state index contributed by atoms with van der Waals surface area (Å²) < 4.78 is 2.04. The molecule has 1 saturated heterocycles. The van der Waals surface area contributed by atoms with Crippen molar-refractivity contribution in [2.45, 2.75) is 25.7 Å². The van der Waals surface area contributed by atoms with Crippen molar-refractivity contribution < 1.29 is 0 Å². The number of anilines is 1. The van der Waals surface area contributed by atoms with Crippen LogP contribution in [0.4, 0.5) is 5.69 Å². The summed E-state index contributed by atoms with van der Waals surface area (Å²) >= 11 is 0. The summed E-state index contributed by atoms with van der Waals surface area (Å²) in [4.78, 5) is 7.21. The summed E-state index contributed by atoms with van der Waals surface area (Å²) in [5.74, 6) is 0.590. The average molecular weight is 244 g/mol. The zero-order valence-electron chi connectivity index (χ0n) is 10.8. The van der Waals surface area contributed by atoms with Crippen LogP contribution in [0.15, 0.2) is 24.5 Å². The van der Waals surface area contributed by atoms with Crippen molar-refractivity contribution in [3.8, 4) is 0 Å². The predicted molar refractivity (Wildman–Crippen MR) is 73.7 cm³/mol. The van der Waals surface area contributed by atoms with E-state index in [1.165, 1.54) is 31.6 Å². The molecule has 2 N–H and O–H groups in total. The van der Waals surface area contributed by atoms with E-state index in [0.717, 1.165) is 17.9 Å². The van der Waals surface area contributed by atoms with Crippen molar-refractivity contribution in [2.75, 3.05) is 25.4 Å². The Kier molecular flexibility index (Phi) is 2.96. The number of nitrogen functional groups attached to an aromatic ring is 1. The highest BCUT2D eigenvalue weighted by Gasteiger charge is 2.21. The summed E-state index contributed by atoms with van der Waals surface area (Å²) in [6.07, 6.45) is 6.57. The molecular weight excluding hydrogens is 224 g/mol. The van der Waals surface area contributed by atoms with Gasteiger partial charge in [-0.15, -0.1) is 0 Å². The van der Waals surface area contributed by atoms with Gasteiger partial charge in [0.2, 0.25) is 0 Å². The molecule has 0 spiro atoms. The molecule has 18 heavy (non-hydrogen) atoms. The van der Waals surface area contributed by atoms with Crippen LogP contribution in [0, 0.1) is 0 Å². The summed E-state index contributed by atoms with van der Waals surface area (Å²) in [5, 5.41) is 0. The van der Waals surface area contributed by atoms with Crippen LogP contribution in [0.25, 0.3) is 5.65 Å². The molecule has 4 heteroatoms. The van der Waals surface area contributed by atoms with Crippen LogP contribution in [0.2, 0.25) is 0 Å². The normalized spacial score (nSPS) is 18.5. The number of nitrogens with two attached hydrogens (primary N) is 1. The highest BCUT2D eigenvalue weighted by Crippen LogP contribution is 2.28. The Bertz CT molecular complexity index is 538. The maximum atomic E-state index is 5.95. The minimum Gasteiger partial charge on any atom is -0.396 e. The van der Waals surface area contributed by atoms with Gasteiger partial charge in [-0.3, -0.25) is 0 Å². The Morgan fingerprint density at radius 2 is 2.17 bits per heavy atom. The van der Waals surface area contributed by atoms with E-state index in [1.54, 1.807) is 0 Å². The van der Waals surface area contributed by atoms with Crippen molar-refractivity contribution in [1.82, 2.24) is 14.3 Å². The Morgan fingerprint density at radius 3 is 2.83 bits per heavy atom. The zero-order valence-corrected chi connectivity index (χ0v) is 10.8. The topological polar surface area (TPSA) is 46.6 Å². The molecule has 1 fully saturated rings. The van der Waals surface area contributed by atoms with Gasteiger partial charge in [0.1, 0.15) is 0 Å². The molecule has 1 aliphatic rings. The molecule has 0 saturated carbocycles. The Morgan fingerprint density at radius 1 is 1.39 bits per heavy atom. The average Bonchev–Trinajstić information content (AvgIpc) is 2.84. The minimum atomic E-state index is 0.590. The van der Waals surface area contributed by atoms with Gasteiger partial charge in [-0.2, -0.15) is 0 Å². The summed E-state index contributed by atoms with van der Waals surface area (Å²) in [6, 6.07) is 3.87. The lowest BCUT2D eigenvalue weighted by molar-refractivity contribution is 0.221. The molecule has 0 atom stereocenters. The summed E-state index contributed by atoms with van der Waals surface area (Å²) in [6.45, 7) is 5.76. The second-order valence-corrected chi connectivity index (χ2v) is 5.07. The number of aromatic nitrogens is 2. The molecule has 0 unspecified atom stereocenters. The van der Waals surface area contributed by atoms with Gasteiger partial charge in [0.05, 0.1) is 11.4 Å². The molecule has 3 rings (SSSR count). The van der Waals surface area contributed by atoms with E-state index in [0.29, 0.717) is 5.92 Å². The Labute approximate surface area is 107 Å². The SMILES string of the molecule is CCN1CCC(c2cn3cccc(N)c3n2)CC1. The van der Waals surface area contributed by atoms with Gasteiger partial charge in [0.15, 0.2) is 5.65 Å². The molecule has 2 aromatic rings. The molecule has 4 nitrogen and oxygen atoms in total. The summed E-state index contributed by atoms with van der Waals surface area (Å²) in [7, 11) is 0. The van der Waals surface area contributed by atoms with Crippen molar-refractivity contribution >= 4 is 11.3 Å². The maximum absolute atomic E-state index is 5.95. The van der Waals surface area contributed by atoms with Crippen molar-refractivity contribution in [2.24, 2.45) is 0 Å². The molecule has 0 amide bonds. The van der Waals surface area contributed by atoms with Crippen LogP contribution in [0.1, 0.15) is 31.4 Å². The lowest BCUT2D eigenvalue weighted by Crippen LogP contribution is -2.32. The number of imidazole rings is 1. The number of nitrogens with zero attached hydrogens (tertiary/aromatic N) is 3. The molecule has 2 aromatic heterocycles. The highest BCUT2D eigenvalue weighted by molar-refractivity contribution is 5.64. The van der Waals surface area contributed by atoms with Crippen molar-refractivity contribution in [1.29, 1.82) is 0 Å². The first-order valence-corrected chi connectivity index (χ1v) is 6.73. The molecule has 0 bridgehead atoms. The molecular formula is C14H20N4. The third-order valence-corrected chi connectivity index (χ3v) is 3.98. The smallest absolute Gasteiger partial charge is 0.160 e. The second kappa shape index (κ2) is 4.61. The first-order chi connectivity index (χ1) is 8.78. The lowest BCUT2D eigenvalue weighted by Gasteiger charge is -2.30. The molecule has 0 aromatic carbocycles. The highest BCUT2D eigenvalue weighted by atomic mass is 15.1. The van der Waals surface area contributed by atoms with E-state index in [2.05, 4.69) is 18.0 Å². The summed E-state index contributed by atoms with van der Waals surface area (Å²) in [5.41, 5.74) is 8.80. The van der Waals surface area contributed by atoms with Gasteiger partial charge in [-0.05, 0) is 44.6 Å². The Hall–Kier alpha value is -1.55. The van der Waals surface area contributed by atoms with Crippen LogP contribution >= 0.6 is 0 Å². The van der Waals surface area contributed by atoms with E-state index in [-0.39, 0.29) is 0 Å². The van der Waals surface area contributed by atoms with Gasteiger partial charge in [-0.1, -0.05) is 6.92 Å². The fourth-order valence-electron chi connectivity index (χ4n) is 2.80. The Balaban J connectivity index is 1.85. The van der Waals surface area contributed by atoms with E-state index in [4.69, 9.17) is 10.7 Å². The second-order valence-electron chi connectivity index (χ2n) is 5.07. The number of hydrogen-bond acceptors (Lipinski definition) is 3. The molecule has 1 aliphatic heterocycles. The van der Waals surface area contributed by atoms with E-state index in [1.807, 2.05) is 22.7 Å². The molecule has 0 radical (unpaired) electrons. The third kappa shape index (κ3) is 1.97. The van der Waals surface area contributed by atoms with Gasteiger partial charge in [0, 0.05) is 18.3 Å². The minimum absolute atomic E-state index is 0.590. The van der Waals surface area contributed by atoms with E-state index >= 15 is 0 Å². The maximum Gasteiger partial charge on any atom is 0.160 e. The standard InChI is InChI=1S/C14H20N4/c1-2-17-8-5-11(6-9-17)13-10-18-7-3-4-12(15)14(18)16-13/h3-4,7,10-11H,2,5-6,8-9,15H2,1H3. The number of fused-ring (bicyclic) bond motifs is 1. The monoisotopic (exact) mass is 244 g/mol. The van der Waals surface area contributed by atoms with Crippen LogP contribution in [-0.4, -0.2) is 33.9 Å². The molecule has 3 heterocycles. The van der Waals surface area contributed by atoms with Crippen molar-refractivity contribution in [3.63, 3.8) is 0 Å². The van der Waals surface area contributed by atoms with Gasteiger partial charge in [-0.25, -0.2) is 4.98 Å². The van der Waals surface area contributed by atoms with Crippen LogP contribution < -0.4 is 5.73 Å². The number of rotatable bonds is 2. The first-order valence-electron chi connectivity index (χ1n) is 6.73. The number of pyridine rings is 1. The van der Waals surface area contributed by atoms with Gasteiger partial charge < -0.3 is 15.0 Å². The number of hydrogen-bond donors (Lipinski definition) is 1. The fraction of sp³-hybridized carbons (Fsp3) is 0.500. The van der Waals surface area contributed by atoms with Gasteiger partial charge >= 0.3 is 0 Å². The quantitative estimate of drug-likeness (QED) is 0.880. The van der Waals surface area contributed by atoms with Crippen molar-refractivity contribution in [3.05, 3.63) is 30.2 Å². The van der Waals surface area contributed by atoms with Gasteiger partial charge in [0.25, 0.3) is 0 Å². The fourth-order valence-corrected chi connectivity index (χ4v) is 2.80. The molecule has 96 valence electrons. The zero-order chi connectivity index (χ0) is 12.5. The molecule has 0 aliphatic carbocycles. The number of piperidine rings is 1. The van der Waals surface area contributed by atoms with E-state index in [9.17, 15) is 0 Å².